The summed E-state index contributed by atoms with van der Waals surface area (Å²) in [7, 11) is 0. The molecule has 0 aliphatic rings. The molecule has 1 unspecified atom stereocenters. The van der Waals surface area contributed by atoms with Crippen molar-refractivity contribution in [3.8, 4) is 6.07 Å². The number of hydrogen-bond donors (Lipinski definition) is 0. The number of aldehydes is 1. The molecule has 3 heteroatoms. The summed E-state index contributed by atoms with van der Waals surface area (Å²) in [5.74, 6) is -0.229. The van der Waals surface area contributed by atoms with Gasteiger partial charge in [0.05, 0.1) is 11.6 Å². The van der Waals surface area contributed by atoms with Crippen LogP contribution in [0.15, 0.2) is 22.7 Å². The predicted octanol–water partition coefficient (Wildman–Crippen LogP) is 2.62. The van der Waals surface area contributed by atoms with E-state index in [1.54, 1.807) is 25.1 Å². The molecular weight excluding hydrogens is 230 g/mol. The van der Waals surface area contributed by atoms with Crippen LogP contribution < -0.4 is 0 Å². The molecule has 0 aliphatic carbocycles. The van der Waals surface area contributed by atoms with Crippen molar-refractivity contribution in [1.82, 2.24) is 0 Å². The van der Waals surface area contributed by atoms with Gasteiger partial charge in [-0.1, -0.05) is 22.9 Å². The van der Waals surface area contributed by atoms with Crippen LogP contribution in [0.2, 0.25) is 0 Å². The summed E-state index contributed by atoms with van der Waals surface area (Å²) >= 11 is 3.30. The minimum Gasteiger partial charge on any atom is -0.303 e. The van der Waals surface area contributed by atoms with Gasteiger partial charge in [0, 0.05) is 10.4 Å². The second-order valence-electron chi connectivity index (χ2n) is 2.77. The third kappa shape index (κ3) is 2.16. The number of nitrogens with zero attached hydrogens (tertiary/aromatic N) is 1. The number of carbonyl (C=O) groups is 1. The van der Waals surface area contributed by atoms with Crippen LogP contribution in [0, 0.1) is 11.3 Å². The van der Waals surface area contributed by atoms with Gasteiger partial charge in [-0.3, -0.25) is 0 Å². The zero-order valence-electron chi connectivity index (χ0n) is 7.12. The van der Waals surface area contributed by atoms with Gasteiger partial charge in [0.15, 0.2) is 0 Å². The lowest BCUT2D eigenvalue weighted by molar-refractivity contribution is -0.108. The molecule has 1 aromatic carbocycles. The van der Waals surface area contributed by atoms with Crippen molar-refractivity contribution in [3.05, 3.63) is 33.8 Å². The molecule has 1 aromatic rings. The third-order valence-electron chi connectivity index (χ3n) is 1.83. The minimum atomic E-state index is -0.229. The van der Waals surface area contributed by atoms with Crippen LogP contribution >= 0.6 is 15.9 Å². The van der Waals surface area contributed by atoms with E-state index in [9.17, 15) is 4.79 Å². The van der Waals surface area contributed by atoms with E-state index < -0.39 is 0 Å². The summed E-state index contributed by atoms with van der Waals surface area (Å²) in [6.45, 7) is 1.77. The van der Waals surface area contributed by atoms with Crippen LogP contribution in [0.4, 0.5) is 0 Å². The van der Waals surface area contributed by atoms with Crippen LogP contribution in [0.3, 0.4) is 0 Å². The van der Waals surface area contributed by atoms with Crippen molar-refractivity contribution in [2.24, 2.45) is 0 Å². The zero-order chi connectivity index (χ0) is 9.84. The van der Waals surface area contributed by atoms with Crippen LogP contribution in [0.5, 0.6) is 0 Å². The molecule has 0 fully saturated rings. The predicted molar refractivity (Wildman–Crippen MR) is 53.3 cm³/mol. The molecular formula is C10H8BrNO. The normalized spacial score (nSPS) is 11.8. The van der Waals surface area contributed by atoms with Gasteiger partial charge in [-0.25, -0.2) is 0 Å². The molecule has 0 heterocycles. The largest absolute Gasteiger partial charge is 0.303 e. The van der Waals surface area contributed by atoms with Crippen LogP contribution in [0.1, 0.15) is 24.0 Å². The topological polar surface area (TPSA) is 40.9 Å². The highest BCUT2D eigenvalue weighted by molar-refractivity contribution is 9.10. The van der Waals surface area contributed by atoms with Gasteiger partial charge in [0.2, 0.25) is 0 Å². The van der Waals surface area contributed by atoms with Gasteiger partial charge in [0.1, 0.15) is 6.29 Å². The molecule has 0 radical (unpaired) electrons. The van der Waals surface area contributed by atoms with E-state index in [0.29, 0.717) is 5.56 Å². The molecule has 0 bridgehead atoms. The average molecular weight is 238 g/mol. The molecule has 0 saturated carbocycles. The Morgan fingerprint density at radius 3 is 2.85 bits per heavy atom. The maximum Gasteiger partial charge on any atom is 0.127 e. The standard InChI is InChI=1S/C10H8BrNO/c1-7(6-13)10-4-9(11)3-2-8(10)5-12/h2-4,6-7H,1H3. The van der Waals surface area contributed by atoms with Gasteiger partial charge >= 0.3 is 0 Å². The summed E-state index contributed by atoms with van der Waals surface area (Å²) in [5, 5.41) is 8.77. The molecule has 0 aromatic heterocycles. The Hall–Kier alpha value is -1.14. The first-order chi connectivity index (χ1) is 6.19. The fourth-order valence-electron chi connectivity index (χ4n) is 1.09. The van der Waals surface area contributed by atoms with Gasteiger partial charge in [0.25, 0.3) is 0 Å². The molecule has 0 N–H and O–H groups in total. The molecule has 13 heavy (non-hydrogen) atoms. The molecule has 2 nitrogen and oxygen atoms in total. The highest BCUT2D eigenvalue weighted by Gasteiger charge is 2.09. The molecule has 1 rings (SSSR count). The van der Waals surface area contributed by atoms with E-state index in [0.717, 1.165) is 16.3 Å². The number of benzene rings is 1. The van der Waals surface area contributed by atoms with Gasteiger partial charge in [-0.2, -0.15) is 5.26 Å². The zero-order valence-corrected chi connectivity index (χ0v) is 8.71. The first-order valence-corrected chi connectivity index (χ1v) is 4.63. The summed E-state index contributed by atoms with van der Waals surface area (Å²) in [6.07, 6.45) is 0.836. The maximum absolute atomic E-state index is 10.6. The lowest BCUT2D eigenvalue weighted by atomic mass is 9.98. The fourth-order valence-corrected chi connectivity index (χ4v) is 1.46. The second-order valence-corrected chi connectivity index (χ2v) is 3.68. The number of hydrogen-bond acceptors (Lipinski definition) is 2. The van der Waals surface area contributed by atoms with Crippen LogP contribution in [0.25, 0.3) is 0 Å². The summed E-state index contributed by atoms with van der Waals surface area (Å²) in [5.41, 5.74) is 1.33. The number of rotatable bonds is 2. The van der Waals surface area contributed by atoms with Crippen molar-refractivity contribution < 1.29 is 4.79 Å². The molecule has 0 spiro atoms. The van der Waals surface area contributed by atoms with Crippen LogP contribution in [-0.4, -0.2) is 6.29 Å². The Labute approximate surface area is 85.3 Å². The highest BCUT2D eigenvalue weighted by Crippen LogP contribution is 2.22. The Morgan fingerprint density at radius 2 is 2.31 bits per heavy atom. The van der Waals surface area contributed by atoms with E-state index in [1.165, 1.54) is 0 Å². The van der Waals surface area contributed by atoms with Gasteiger partial charge in [-0.15, -0.1) is 0 Å². The van der Waals surface area contributed by atoms with E-state index in [-0.39, 0.29) is 5.92 Å². The Balaban J connectivity index is 3.25. The van der Waals surface area contributed by atoms with E-state index in [1.807, 2.05) is 0 Å². The van der Waals surface area contributed by atoms with E-state index in [2.05, 4.69) is 22.0 Å². The minimum absolute atomic E-state index is 0.229. The first kappa shape index (κ1) is 9.94. The molecule has 0 saturated heterocycles. The number of carbonyl (C=O) groups excluding carboxylic acids is 1. The molecule has 0 amide bonds. The summed E-state index contributed by atoms with van der Waals surface area (Å²) in [4.78, 5) is 10.6. The van der Waals surface area contributed by atoms with Gasteiger partial charge < -0.3 is 4.79 Å². The Morgan fingerprint density at radius 1 is 1.62 bits per heavy atom. The lowest BCUT2D eigenvalue weighted by Gasteiger charge is -2.06. The first-order valence-electron chi connectivity index (χ1n) is 3.84. The summed E-state index contributed by atoms with van der Waals surface area (Å²) in [6, 6.07) is 7.36. The van der Waals surface area contributed by atoms with E-state index >= 15 is 0 Å². The quantitative estimate of drug-likeness (QED) is 0.743. The Bertz CT molecular complexity index is 368. The smallest absolute Gasteiger partial charge is 0.127 e. The number of nitriles is 1. The van der Waals surface area contributed by atoms with Gasteiger partial charge in [-0.05, 0) is 23.8 Å². The van der Waals surface area contributed by atoms with Crippen molar-refractivity contribution in [2.75, 3.05) is 0 Å². The average Bonchev–Trinajstić information content (AvgIpc) is 2.16. The fraction of sp³-hybridized carbons (Fsp3) is 0.200. The van der Waals surface area contributed by atoms with E-state index in [4.69, 9.17) is 5.26 Å². The monoisotopic (exact) mass is 237 g/mol. The van der Waals surface area contributed by atoms with Crippen LogP contribution in [-0.2, 0) is 4.79 Å². The third-order valence-corrected chi connectivity index (χ3v) is 2.32. The Kier molecular flexibility index (Phi) is 3.21. The highest BCUT2D eigenvalue weighted by atomic mass is 79.9. The van der Waals surface area contributed by atoms with Crippen molar-refractivity contribution in [1.29, 1.82) is 5.26 Å². The molecule has 66 valence electrons. The molecule has 1 atom stereocenters. The second kappa shape index (κ2) is 4.20. The van der Waals surface area contributed by atoms with Crippen molar-refractivity contribution >= 4 is 22.2 Å². The maximum atomic E-state index is 10.6. The SMILES string of the molecule is CC(C=O)c1cc(Br)ccc1C#N. The number of halogens is 1. The lowest BCUT2D eigenvalue weighted by Crippen LogP contribution is -1.97. The molecule has 0 aliphatic heterocycles. The van der Waals surface area contributed by atoms with Crippen molar-refractivity contribution in [2.45, 2.75) is 12.8 Å². The van der Waals surface area contributed by atoms with Crippen molar-refractivity contribution in [3.63, 3.8) is 0 Å². The summed E-state index contributed by atoms with van der Waals surface area (Å²) < 4.78 is 0.884.